The van der Waals surface area contributed by atoms with E-state index in [1.807, 2.05) is 12.1 Å². The molecule has 0 unspecified atom stereocenters. The number of rotatable bonds is 5. The number of benzene rings is 3. The number of nitro benzene ring substituents is 1. The van der Waals surface area contributed by atoms with Gasteiger partial charge in [-0.15, -0.1) is 0 Å². The molecule has 0 spiro atoms. The van der Waals surface area contributed by atoms with Gasteiger partial charge in [0.2, 0.25) is 0 Å². The van der Waals surface area contributed by atoms with Crippen molar-refractivity contribution >= 4 is 28.9 Å². The maximum atomic E-state index is 12.6. The number of nitrogens with one attached hydrogen (secondary N) is 2. The SMILES string of the molecule is CC(C)(C)c1ccc(C(=O)Nc2cccc(NC(=O)c3cccc([N+](=O)[O-])c3)c2)cc1. The van der Waals surface area contributed by atoms with Crippen molar-refractivity contribution in [2.45, 2.75) is 26.2 Å². The number of nitro groups is 1. The molecule has 7 nitrogen and oxygen atoms in total. The molecule has 3 rings (SSSR count). The summed E-state index contributed by atoms with van der Waals surface area (Å²) in [6.07, 6.45) is 0. The molecule has 7 heteroatoms. The Morgan fingerprint density at radius 2 is 1.32 bits per heavy atom. The maximum absolute atomic E-state index is 12.6. The van der Waals surface area contributed by atoms with Crippen LogP contribution in [-0.2, 0) is 5.41 Å². The monoisotopic (exact) mass is 417 g/mol. The molecule has 0 aliphatic carbocycles. The Morgan fingerprint density at radius 1 is 0.774 bits per heavy atom. The molecule has 2 N–H and O–H groups in total. The molecular weight excluding hydrogens is 394 g/mol. The first kappa shape index (κ1) is 21.7. The van der Waals surface area contributed by atoms with E-state index in [0.717, 1.165) is 5.56 Å². The summed E-state index contributed by atoms with van der Waals surface area (Å²) < 4.78 is 0. The first-order valence-corrected chi connectivity index (χ1v) is 9.71. The summed E-state index contributed by atoms with van der Waals surface area (Å²) in [6.45, 7) is 6.32. The average Bonchev–Trinajstić information content (AvgIpc) is 2.73. The molecule has 0 heterocycles. The van der Waals surface area contributed by atoms with Gasteiger partial charge in [0.15, 0.2) is 0 Å². The molecule has 0 radical (unpaired) electrons. The molecule has 3 aromatic carbocycles. The van der Waals surface area contributed by atoms with Crippen LogP contribution in [0.4, 0.5) is 17.1 Å². The van der Waals surface area contributed by atoms with E-state index < -0.39 is 10.8 Å². The standard InChI is InChI=1S/C24H23N3O4/c1-24(2,3)18-12-10-16(11-13-18)22(28)25-19-7-5-8-20(15-19)26-23(29)17-6-4-9-21(14-17)27(30)31/h4-15H,1-3H3,(H,25,28)(H,26,29). The van der Waals surface area contributed by atoms with Crippen LogP contribution in [-0.4, -0.2) is 16.7 Å². The highest BCUT2D eigenvalue weighted by molar-refractivity contribution is 6.06. The van der Waals surface area contributed by atoms with E-state index in [4.69, 9.17) is 0 Å². The highest BCUT2D eigenvalue weighted by atomic mass is 16.6. The smallest absolute Gasteiger partial charge is 0.270 e. The first-order valence-electron chi connectivity index (χ1n) is 9.71. The van der Waals surface area contributed by atoms with Gasteiger partial charge in [-0.25, -0.2) is 0 Å². The number of anilines is 2. The van der Waals surface area contributed by atoms with Gasteiger partial charge in [0, 0.05) is 34.6 Å². The molecule has 0 aliphatic rings. The zero-order valence-electron chi connectivity index (χ0n) is 17.5. The fourth-order valence-corrected chi connectivity index (χ4v) is 2.96. The van der Waals surface area contributed by atoms with Crippen LogP contribution in [0.3, 0.4) is 0 Å². The number of non-ortho nitro benzene ring substituents is 1. The number of carbonyl (C=O) groups excluding carboxylic acids is 2. The Labute approximate surface area is 180 Å². The van der Waals surface area contributed by atoms with Gasteiger partial charge in [0.05, 0.1) is 4.92 Å². The Kier molecular flexibility index (Phi) is 6.15. The third-order valence-corrected chi connectivity index (χ3v) is 4.71. The number of hydrogen-bond acceptors (Lipinski definition) is 4. The summed E-state index contributed by atoms with van der Waals surface area (Å²) >= 11 is 0. The lowest BCUT2D eigenvalue weighted by Gasteiger charge is -2.19. The largest absolute Gasteiger partial charge is 0.322 e. The third-order valence-electron chi connectivity index (χ3n) is 4.71. The number of amides is 2. The van der Waals surface area contributed by atoms with Crippen LogP contribution < -0.4 is 10.6 Å². The van der Waals surface area contributed by atoms with Crippen molar-refractivity contribution in [3.05, 3.63) is 99.6 Å². The van der Waals surface area contributed by atoms with Gasteiger partial charge in [-0.2, -0.15) is 0 Å². The van der Waals surface area contributed by atoms with Crippen molar-refractivity contribution in [2.24, 2.45) is 0 Å². The fourth-order valence-electron chi connectivity index (χ4n) is 2.96. The molecular formula is C24H23N3O4. The van der Waals surface area contributed by atoms with Gasteiger partial charge in [-0.1, -0.05) is 45.0 Å². The van der Waals surface area contributed by atoms with Gasteiger partial charge >= 0.3 is 0 Å². The predicted molar refractivity (Wildman–Crippen MR) is 121 cm³/mol. The van der Waals surface area contributed by atoms with E-state index in [1.54, 1.807) is 36.4 Å². The zero-order valence-corrected chi connectivity index (χ0v) is 17.5. The highest BCUT2D eigenvalue weighted by Crippen LogP contribution is 2.23. The van der Waals surface area contributed by atoms with E-state index in [9.17, 15) is 19.7 Å². The van der Waals surface area contributed by atoms with Crippen LogP contribution in [0.1, 0.15) is 47.1 Å². The quantitative estimate of drug-likeness (QED) is 0.429. The first-order chi connectivity index (χ1) is 14.6. The molecule has 31 heavy (non-hydrogen) atoms. The summed E-state index contributed by atoms with van der Waals surface area (Å²) in [5, 5.41) is 16.4. The molecule has 0 aromatic heterocycles. The normalized spacial score (nSPS) is 10.9. The Balaban J connectivity index is 1.70. The summed E-state index contributed by atoms with van der Waals surface area (Å²) in [5.74, 6) is -0.743. The predicted octanol–water partition coefficient (Wildman–Crippen LogP) is 5.40. The van der Waals surface area contributed by atoms with E-state index in [1.165, 1.54) is 24.3 Å². The van der Waals surface area contributed by atoms with Gasteiger partial charge < -0.3 is 10.6 Å². The second-order valence-corrected chi connectivity index (χ2v) is 8.12. The van der Waals surface area contributed by atoms with Gasteiger partial charge in [0.25, 0.3) is 17.5 Å². The van der Waals surface area contributed by atoms with Gasteiger partial charge in [-0.05, 0) is 47.4 Å². The Morgan fingerprint density at radius 3 is 1.87 bits per heavy atom. The molecule has 0 saturated carbocycles. The van der Waals surface area contributed by atoms with Gasteiger partial charge in [-0.3, -0.25) is 19.7 Å². The van der Waals surface area contributed by atoms with E-state index in [-0.39, 0.29) is 22.6 Å². The molecule has 0 atom stereocenters. The second-order valence-electron chi connectivity index (χ2n) is 8.12. The minimum absolute atomic E-state index is 0.000722. The number of hydrogen-bond donors (Lipinski definition) is 2. The molecule has 0 saturated heterocycles. The highest BCUT2D eigenvalue weighted by Gasteiger charge is 2.15. The summed E-state index contributed by atoms with van der Waals surface area (Å²) in [5.41, 5.74) is 2.64. The van der Waals surface area contributed by atoms with Crippen molar-refractivity contribution in [2.75, 3.05) is 10.6 Å². The molecule has 3 aromatic rings. The maximum Gasteiger partial charge on any atom is 0.270 e. The molecule has 0 aliphatic heterocycles. The van der Waals surface area contributed by atoms with E-state index >= 15 is 0 Å². The number of nitrogens with zero attached hydrogens (tertiary/aromatic N) is 1. The number of carbonyl (C=O) groups is 2. The van der Waals surface area contributed by atoms with Gasteiger partial charge in [0.1, 0.15) is 0 Å². The minimum atomic E-state index is -0.555. The lowest BCUT2D eigenvalue weighted by molar-refractivity contribution is -0.384. The Hall–Kier alpha value is -4.00. The van der Waals surface area contributed by atoms with Crippen molar-refractivity contribution < 1.29 is 14.5 Å². The minimum Gasteiger partial charge on any atom is -0.322 e. The van der Waals surface area contributed by atoms with Crippen LogP contribution in [0.25, 0.3) is 0 Å². The third kappa shape index (κ3) is 5.54. The molecule has 0 fully saturated rings. The lowest BCUT2D eigenvalue weighted by atomic mass is 9.87. The van der Waals surface area contributed by atoms with Crippen LogP contribution in [0.15, 0.2) is 72.8 Å². The van der Waals surface area contributed by atoms with Crippen molar-refractivity contribution in [1.29, 1.82) is 0 Å². The molecule has 2 amide bonds. The lowest BCUT2D eigenvalue weighted by Crippen LogP contribution is -2.15. The van der Waals surface area contributed by atoms with Crippen LogP contribution in [0.2, 0.25) is 0 Å². The van der Waals surface area contributed by atoms with Crippen molar-refractivity contribution in [3.63, 3.8) is 0 Å². The molecule has 0 bridgehead atoms. The van der Waals surface area contributed by atoms with E-state index in [2.05, 4.69) is 31.4 Å². The van der Waals surface area contributed by atoms with Crippen LogP contribution in [0.5, 0.6) is 0 Å². The Bertz CT molecular complexity index is 1130. The summed E-state index contributed by atoms with van der Waals surface area (Å²) in [7, 11) is 0. The summed E-state index contributed by atoms with van der Waals surface area (Å²) in [6, 6.07) is 19.6. The summed E-state index contributed by atoms with van der Waals surface area (Å²) in [4.78, 5) is 35.3. The van der Waals surface area contributed by atoms with Crippen LogP contribution >= 0.6 is 0 Å². The second kappa shape index (κ2) is 8.79. The van der Waals surface area contributed by atoms with Crippen molar-refractivity contribution in [1.82, 2.24) is 0 Å². The zero-order chi connectivity index (χ0) is 22.6. The molecule has 158 valence electrons. The average molecular weight is 417 g/mol. The topological polar surface area (TPSA) is 101 Å². The van der Waals surface area contributed by atoms with Crippen LogP contribution in [0, 0.1) is 10.1 Å². The van der Waals surface area contributed by atoms with Crippen molar-refractivity contribution in [3.8, 4) is 0 Å². The fraction of sp³-hybridized carbons (Fsp3) is 0.167. The van der Waals surface area contributed by atoms with E-state index in [0.29, 0.717) is 16.9 Å².